The summed E-state index contributed by atoms with van der Waals surface area (Å²) in [5.74, 6) is 0. The minimum Gasteiger partial charge on any atom is -0.377 e. The van der Waals surface area contributed by atoms with Gasteiger partial charge < -0.3 is 14.8 Å². The van der Waals surface area contributed by atoms with Gasteiger partial charge in [-0.05, 0) is 24.8 Å². The fraction of sp³-hybridized carbons (Fsp3) is 0.727. The number of ether oxygens (including phenoxy) is 2. The lowest BCUT2D eigenvalue weighted by Crippen LogP contribution is -2.45. The second kappa shape index (κ2) is 8.66. The average Bonchev–Trinajstić information content (AvgIpc) is 2.62. The van der Waals surface area contributed by atoms with Gasteiger partial charge in [0.15, 0.2) is 0 Å². The first kappa shape index (κ1) is 18.9. The summed E-state index contributed by atoms with van der Waals surface area (Å²) in [7, 11) is 0. The fourth-order valence-electron chi connectivity index (χ4n) is 4.21. The van der Waals surface area contributed by atoms with E-state index in [4.69, 9.17) is 9.47 Å². The van der Waals surface area contributed by atoms with Gasteiger partial charge >= 0.3 is 0 Å². The van der Waals surface area contributed by atoms with Crippen LogP contribution in [0.2, 0.25) is 0 Å². The zero-order valence-corrected chi connectivity index (χ0v) is 16.1. The molecule has 1 saturated carbocycles. The Labute approximate surface area is 153 Å². The second-order valence-corrected chi connectivity index (χ2v) is 8.77. The molecule has 0 amide bonds. The van der Waals surface area contributed by atoms with Crippen molar-refractivity contribution in [3.63, 3.8) is 0 Å². The molecular formula is C22H35NO2. The third-order valence-electron chi connectivity index (χ3n) is 5.70. The van der Waals surface area contributed by atoms with Crippen molar-refractivity contribution in [3.05, 3.63) is 35.9 Å². The Morgan fingerprint density at radius 2 is 1.92 bits per heavy atom. The number of hydrogen-bond acceptors (Lipinski definition) is 3. The third-order valence-corrected chi connectivity index (χ3v) is 5.70. The van der Waals surface area contributed by atoms with Gasteiger partial charge in [-0.2, -0.15) is 0 Å². The molecule has 2 fully saturated rings. The molecule has 1 atom stereocenters. The van der Waals surface area contributed by atoms with Gasteiger partial charge in [0.25, 0.3) is 0 Å². The van der Waals surface area contributed by atoms with Crippen LogP contribution in [0.25, 0.3) is 0 Å². The van der Waals surface area contributed by atoms with E-state index in [0.717, 1.165) is 39.1 Å². The van der Waals surface area contributed by atoms with E-state index in [2.05, 4.69) is 49.5 Å². The van der Waals surface area contributed by atoms with Crippen LogP contribution in [0.4, 0.5) is 0 Å². The highest BCUT2D eigenvalue weighted by Crippen LogP contribution is 2.39. The van der Waals surface area contributed by atoms with Crippen LogP contribution in [0.5, 0.6) is 0 Å². The van der Waals surface area contributed by atoms with Crippen LogP contribution < -0.4 is 5.32 Å². The van der Waals surface area contributed by atoms with E-state index in [1.165, 1.54) is 37.7 Å². The zero-order chi connectivity index (χ0) is 17.6. The Hall–Kier alpha value is -0.900. The summed E-state index contributed by atoms with van der Waals surface area (Å²) in [6.07, 6.45) is 9.00. The minimum absolute atomic E-state index is 0.136. The Bertz CT molecular complexity index is 503. The summed E-state index contributed by atoms with van der Waals surface area (Å²) in [6, 6.07) is 10.6. The van der Waals surface area contributed by atoms with Gasteiger partial charge in [-0.1, -0.05) is 63.4 Å². The molecule has 1 heterocycles. The average molecular weight is 346 g/mol. The summed E-state index contributed by atoms with van der Waals surface area (Å²) < 4.78 is 12.5. The maximum Gasteiger partial charge on any atom is 0.0707 e. The van der Waals surface area contributed by atoms with Crippen molar-refractivity contribution >= 4 is 0 Å². The van der Waals surface area contributed by atoms with Gasteiger partial charge in [-0.25, -0.2) is 0 Å². The Balaban J connectivity index is 1.40. The van der Waals surface area contributed by atoms with Crippen molar-refractivity contribution in [3.8, 4) is 0 Å². The topological polar surface area (TPSA) is 30.5 Å². The van der Waals surface area contributed by atoms with Gasteiger partial charge in [0.1, 0.15) is 0 Å². The molecule has 1 aromatic carbocycles. The van der Waals surface area contributed by atoms with Gasteiger partial charge in [0.2, 0.25) is 0 Å². The molecule has 1 aromatic rings. The molecule has 1 aliphatic heterocycles. The Morgan fingerprint density at radius 3 is 2.68 bits per heavy atom. The molecule has 3 rings (SSSR count). The normalized spacial score (nSPS) is 23.7. The van der Waals surface area contributed by atoms with Gasteiger partial charge in [-0.3, -0.25) is 0 Å². The molecule has 0 radical (unpaired) electrons. The standard InChI is InChI=1S/C22H35NO2/c1-21(2,17-23-16-19-9-5-3-6-10-19)18-24-20-11-14-25-22(15-20)12-7-4-8-13-22/h3,5-6,9-10,20,23H,4,7-8,11-18H2,1-2H3. The highest BCUT2D eigenvalue weighted by atomic mass is 16.5. The monoisotopic (exact) mass is 345 g/mol. The highest BCUT2D eigenvalue weighted by molar-refractivity contribution is 5.14. The first-order valence-corrected chi connectivity index (χ1v) is 10.1. The van der Waals surface area contributed by atoms with E-state index in [1.807, 2.05) is 0 Å². The van der Waals surface area contributed by atoms with Gasteiger partial charge in [0.05, 0.1) is 18.3 Å². The maximum atomic E-state index is 6.36. The predicted molar refractivity (Wildman–Crippen MR) is 103 cm³/mol. The summed E-state index contributed by atoms with van der Waals surface area (Å²) in [5, 5.41) is 3.58. The van der Waals surface area contributed by atoms with Crippen molar-refractivity contribution < 1.29 is 9.47 Å². The van der Waals surface area contributed by atoms with Crippen LogP contribution in [0, 0.1) is 5.41 Å². The van der Waals surface area contributed by atoms with Gasteiger partial charge in [-0.15, -0.1) is 0 Å². The number of nitrogens with one attached hydrogen (secondary N) is 1. The van der Waals surface area contributed by atoms with Gasteiger partial charge in [0, 0.05) is 31.5 Å². The molecular weight excluding hydrogens is 310 g/mol. The molecule has 0 bridgehead atoms. The molecule has 1 spiro atoms. The molecule has 3 nitrogen and oxygen atoms in total. The van der Waals surface area contributed by atoms with Crippen LogP contribution in [-0.4, -0.2) is 31.5 Å². The van der Waals surface area contributed by atoms with E-state index in [0.29, 0.717) is 6.10 Å². The Morgan fingerprint density at radius 1 is 1.16 bits per heavy atom. The molecule has 25 heavy (non-hydrogen) atoms. The molecule has 3 heteroatoms. The van der Waals surface area contributed by atoms with Crippen LogP contribution >= 0.6 is 0 Å². The van der Waals surface area contributed by atoms with E-state index >= 15 is 0 Å². The van der Waals surface area contributed by atoms with E-state index in [1.54, 1.807) is 0 Å². The highest BCUT2D eigenvalue weighted by Gasteiger charge is 2.39. The molecule has 1 N–H and O–H groups in total. The van der Waals surface area contributed by atoms with Crippen molar-refractivity contribution in [2.75, 3.05) is 19.8 Å². The van der Waals surface area contributed by atoms with Crippen molar-refractivity contribution in [1.29, 1.82) is 0 Å². The molecule has 0 aromatic heterocycles. The number of hydrogen-bond donors (Lipinski definition) is 1. The molecule has 2 aliphatic rings. The molecule has 1 aliphatic carbocycles. The first-order chi connectivity index (χ1) is 12.1. The van der Waals surface area contributed by atoms with Crippen molar-refractivity contribution in [1.82, 2.24) is 5.32 Å². The van der Waals surface area contributed by atoms with Crippen molar-refractivity contribution in [2.24, 2.45) is 5.41 Å². The van der Waals surface area contributed by atoms with Crippen LogP contribution in [0.15, 0.2) is 30.3 Å². The molecule has 1 saturated heterocycles. The predicted octanol–water partition coefficient (Wildman–Crippen LogP) is 4.70. The lowest BCUT2D eigenvalue weighted by atomic mass is 9.79. The van der Waals surface area contributed by atoms with E-state index < -0.39 is 0 Å². The third kappa shape index (κ3) is 5.80. The molecule has 140 valence electrons. The Kier molecular flexibility index (Phi) is 6.54. The van der Waals surface area contributed by atoms with Crippen LogP contribution in [0.1, 0.15) is 64.4 Å². The second-order valence-electron chi connectivity index (χ2n) is 8.77. The maximum absolute atomic E-state index is 6.36. The quantitative estimate of drug-likeness (QED) is 0.777. The lowest BCUT2D eigenvalue weighted by molar-refractivity contribution is -0.154. The lowest BCUT2D eigenvalue weighted by Gasteiger charge is -2.44. The minimum atomic E-state index is 0.136. The van der Waals surface area contributed by atoms with Crippen LogP contribution in [-0.2, 0) is 16.0 Å². The zero-order valence-electron chi connectivity index (χ0n) is 16.1. The SMILES string of the molecule is CC(C)(CNCc1ccccc1)COC1CCOC2(CCCCC2)C1. The van der Waals surface area contributed by atoms with Crippen molar-refractivity contribution in [2.45, 2.75) is 77.0 Å². The van der Waals surface area contributed by atoms with E-state index in [9.17, 15) is 0 Å². The summed E-state index contributed by atoms with van der Waals surface area (Å²) >= 11 is 0. The number of rotatable bonds is 7. The largest absolute Gasteiger partial charge is 0.377 e. The van der Waals surface area contributed by atoms with Crippen LogP contribution in [0.3, 0.4) is 0 Å². The summed E-state index contributed by atoms with van der Waals surface area (Å²) in [6.45, 7) is 8.16. The first-order valence-electron chi connectivity index (χ1n) is 10.1. The summed E-state index contributed by atoms with van der Waals surface area (Å²) in [4.78, 5) is 0. The number of benzene rings is 1. The van der Waals surface area contributed by atoms with E-state index in [-0.39, 0.29) is 11.0 Å². The smallest absolute Gasteiger partial charge is 0.0707 e. The fourth-order valence-corrected chi connectivity index (χ4v) is 4.21. The summed E-state index contributed by atoms with van der Waals surface area (Å²) in [5.41, 5.74) is 1.62. The molecule has 1 unspecified atom stereocenters.